The molecule has 0 spiro atoms. The van der Waals surface area contributed by atoms with Crippen molar-refractivity contribution in [3.63, 3.8) is 0 Å². The fourth-order valence-corrected chi connectivity index (χ4v) is 2.64. The Morgan fingerprint density at radius 1 is 1.22 bits per heavy atom. The number of hydrogen-bond acceptors (Lipinski definition) is 5. The zero-order valence-corrected chi connectivity index (χ0v) is 12.7. The zero-order chi connectivity index (χ0) is 16.1. The van der Waals surface area contributed by atoms with Gasteiger partial charge in [-0.05, 0) is 30.5 Å². The standard InChI is InChI=1S/C17H20N2O4/c20-17(19-21)16-8-7-15(23-16)13-5-3-12(4-6-13)10-18-11-14-2-1-9-22-14/h3-8,14,18,21H,1-2,9-11H2,(H,19,20). The Bertz CT molecular complexity index is 645. The van der Waals surface area contributed by atoms with Crippen LogP contribution in [0.15, 0.2) is 40.8 Å². The molecule has 1 amide bonds. The molecule has 1 aromatic carbocycles. The number of nitrogens with one attached hydrogen (secondary N) is 2. The number of carbonyl (C=O) groups is 1. The Balaban J connectivity index is 1.56. The van der Waals surface area contributed by atoms with Gasteiger partial charge < -0.3 is 14.5 Å². The maximum absolute atomic E-state index is 11.3. The molecule has 1 fully saturated rings. The Morgan fingerprint density at radius 2 is 2.04 bits per heavy atom. The van der Waals surface area contributed by atoms with Crippen LogP contribution in [0.2, 0.25) is 0 Å². The molecule has 2 aromatic rings. The third kappa shape index (κ3) is 3.98. The van der Waals surface area contributed by atoms with Gasteiger partial charge in [-0.1, -0.05) is 24.3 Å². The molecule has 6 nitrogen and oxygen atoms in total. The minimum atomic E-state index is -0.661. The van der Waals surface area contributed by atoms with Crippen molar-refractivity contribution < 1.29 is 19.2 Å². The molecule has 3 N–H and O–H groups in total. The van der Waals surface area contributed by atoms with Gasteiger partial charge >= 0.3 is 5.91 Å². The first-order valence-corrected chi connectivity index (χ1v) is 7.72. The lowest BCUT2D eigenvalue weighted by Crippen LogP contribution is -2.25. The van der Waals surface area contributed by atoms with E-state index in [0.717, 1.165) is 38.1 Å². The van der Waals surface area contributed by atoms with E-state index in [1.807, 2.05) is 24.3 Å². The lowest BCUT2D eigenvalue weighted by molar-refractivity contribution is 0.0677. The molecule has 1 aliphatic rings. The Hall–Kier alpha value is -2.15. The van der Waals surface area contributed by atoms with Crippen molar-refractivity contribution in [2.75, 3.05) is 13.2 Å². The van der Waals surface area contributed by atoms with E-state index in [9.17, 15) is 4.79 Å². The molecule has 23 heavy (non-hydrogen) atoms. The maximum atomic E-state index is 11.3. The van der Waals surface area contributed by atoms with E-state index in [-0.39, 0.29) is 5.76 Å². The van der Waals surface area contributed by atoms with Gasteiger partial charge in [0.1, 0.15) is 5.76 Å². The van der Waals surface area contributed by atoms with Crippen LogP contribution in [0.4, 0.5) is 0 Å². The van der Waals surface area contributed by atoms with Gasteiger partial charge in [0.2, 0.25) is 0 Å². The number of carbonyl (C=O) groups excluding carboxylic acids is 1. The molecule has 122 valence electrons. The number of amides is 1. The average Bonchev–Trinajstić information content (AvgIpc) is 3.26. The molecule has 1 aromatic heterocycles. The minimum Gasteiger partial charge on any atom is -0.451 e. The van der Waals surface area contributed by atoms with Gasteiger partial charge in [-0.15, -0.1) is 0 Å². The second-order valence-electron chi connectivity index (χ2n) is 5.57. The highest BCUT2D eigenvalue weighted by molar-refractivity contribution is 5.91. The lowest BCUT2D eigenvalue weighted by atomic mass is 10.1. The van der Waals surface area contributed by atoms with Gasteiger partial charge in [0.25, 0.3) is 0 Å². The molecule has 1 aliphatic heterocycles. The predicted octanol–water partition coefficient (Wildman–Crippen LogP) is 2.33. The van der Waals surface area contributed by atoms with Crippen LogP contribution in [0.5, 0.6) is 0 Å². The Kier molecular flexibility index (Phi) is 5.07. The van der Waals surface area contributed by atoms with Crippen molar-refractivity contribution in [2.24, 2.45) is 0 Å². The van der Waals surface area contributed by atoms with Crippen LogP contribution in [0.3, 0.4) is 0 Å². The molecule has 0 saturated carbocycles. The summed E-state index contributed by atoms with van der Waals surface area (Å²) in [7, 11) is 0. The van der Waals surface area contributed by atoms with Crippen LogP contribution in [-0.4, -0.2) is 30.4 Å². The number of benzene rings is 1. The number of hydrogen-bond donors (Lipinski definition) is 3. The smallest absolute Gasteiger partial charge is 0.310 e. The largest absolute Gasteiger partial charge is 0.451 e. The van der Waals surface area contributed by atoms with Crippen molar-refractivity contribution in [3.05, 3.63) is 47.7 Å². The number of rotatable bonds is 6. The molecular formula is C17H20N2O4. The molecule has 1 atom stereocenters. The summed E-state index contributed by atoms with van der Waals surface area (Å²) in [5.74, 6) is -0.00141. The average molecular weight is 316 g/mol. The quantitative estimate of drug-likeness (QED) is 0.563. The van der Waals surface area contributed by atoms with Crippen molar-refractivity contribution in [2.45, 2.75) is 25.5 Å². The maximum Gasteiger partial charge on any atom is 0.310 e. The molecule has 2 heterocycles. The van der Waals surface area contributed by atoms with Crippen LogP contribution in [-0.2, 0) is 11.3 Å². The van der Waals surface area contributed by atoms with E-state index in [1.54, 1.807) is 11.5 Å². The fourth-order valence-electron chi connectivity index (χ4n) is 2.64. The molecule has 3 rings (SSSR count). The SMILES string of the molecule is O=C(NO)c1ccc(-c2ccc(CNCC3CCCO3)cc2)o1. The summed E-state index contributed by atoms with van der Waals surface area (Å²) >= 11 is 0. The van der Waals surface area contributed by atoms with Crippen LogP contribution in [0.1, 0.15) is 29.0 Å². The second kappa shape index (κ2) is 7.41. The summed E-state index contributed by atoms with van der Waals surface area (Å²) in [6.07, 6.45) is 2.63. The topological polar surface area (TPSA) is 83.7 Å². The second-order valence-corrected chi connectivity index (χ2v) is 5.57. The summed E-state index contributed by atoms with van der Waals surface area (Å²) in [5.41, 5.74) is 3.60. The number of furan rings is 1. The van der Waals surface area contributed by atoms with Gasteiger partial charge in [-0.3, -0.25) is 10.0 Å². The van der Waals surface area contributed by atoms with E-state index in [4.69, 9.17) is 14.4 Å². The summed E-state index contributed by atoms with van der Waals surface area (Å²) in [6, 6.07) is 11.2. The molecule has 0 radical (unpaired) electrons. The van der Waals surface area contributed by atoms with E-state index in [2.05, 4.69) is 5.32 Å². The fraction of sp³-hybridized carbons (Fsp3) is 0.353. The van der Waals surface area contributed by atoms with Crippen molar-refractivity contribution in [3.8, 4) is 11.3 Å². The molecule has 1 saturated heterocycles. The molecule has 6 heteroatoms. The monoisotopic (exact) mass is 316 g/mol. The lowest BCUT2D eigenvalue weighted by Gasteiger charge is -2.10. The van der Waals surface area contributed by atoms with Crippen LogP contribution < -0.4 is 10.8 Å². The van der Waals surface area contributed by atoms with Crippen molar-refractivity contribution in [1.29, 1.82) is 0 Å². The third-order valence-corrected chi connectivity index (χ3v) is 3.89. The van der Waals surface area contributed by atoms with Crippen molar-refractivity contribution >= 4 is 5.91 Å². The van der Waals surface area contributed by atoms with E-state index < -0.39 is 5.91 Å². The van der Waals surface area contributed by atoms with E-state index in [1.165, 1.54) is 11.6 Å². The Morgan fingerprint density at radius 3 is 2.74 bits per heavy atom. The Labute approximate surface area is 134 Å². The predicted molar refractivity (Wildman–Crippen MR) is 84.1 cm³/mol. The van der Waals surface area contributed by atoms with E-state index >= 15 is 0 Å². The minimum absolute atomic E-state index is 0.0739. The van der Waals surface area contributed by atoms with Gasteiger partial charge in [0, 0.05) is 25.3 Å². The van der Waals surface area contributed by atoms with Gasteiger partial charge in [-0.2, -0.15) is 0 Å². The van der Waals surface area contributed by atoms with Crippen LogP contribution in [0, 0.1) is 0 Å². The summed E-state index contributed by atoms with van der Waals surface area (Å²) in [6.45, 7) is 2.54. The highest BCUT2D eigenvalue weighted by atomic mass is 16.5. The normalized spacial score (nSPS) is 17.3. The first-order valence-electron chi connectivity index (χ1n) is 7.72. The van der Waals surface area contributed by atoms with Crippen molar-refractivity contribution in [1.82, 2.24) is 10.8 Å². The van der Waals surface area contributed by atoms with Crippen LogP contribution in [0.25, 0.3) is 11.3 Å². The van der Waals surface area contributed by atoms with Crippen LogP contribution >= 0.6 is 0 Å². The first-order chi connectivity index (χ1) is 11.3. The highest BCUT2D eigenvalue weighted by Crippen LogP contribution is 2.22. The molecule has 0 aliphatic carbocycles. The van der Waals surface area contributed by atoms with E-state index in [0.29, 0.717) is 11.9 Å². The van der Waals surface area contributed by atoms with Gasteiger partial charge in [0.05, 0.1) is 6.10 Å². The van der Waals surface area contributed by atoms with Gasteiger partial charge in [-0.25, -0.2) is 5.48 Å². The summed E-state index contributed by atoms with van der Waals surface area (Å²) in [4.78, 5) is 11.3. The number of hydroxylamine groups is 1. The highest BCUT2D eigenvalue weighted by Gasteiger charge is 2.14. The number of ether oxygens (including phenoxy) is 1. The molecular weight excluding hydrogens is 296 g/mol. The molecule has 1 unspecified atom stereocenters. The first kappa shape index (κ1) is 15.7. The summed E-state index contributed by atoms with van der Waals surface area (Å²) in [5, 5.41) is 12.0. The summed E-state index contributed by atoms with van der Waals surface area (Å²) < 4.78 is 11.0. The van der Waals surface area contributed by atoms with Gasteiger partial charge in [0.15, 0.2) is 5.76 Å². The molecule has 0 bridgehead atoms. The zero-order valence-electron chi connectivity index (χ0n) is 12.7. The third-order valence-electron chi connectivity index (χ3n) is 3.89.